The number of fused-ring (bicyclic) bond motifs is 1. The average Bonchev–Trinajstić information content (AvgIpc) is 3.47. The largest absolute Gasteiger partial charge is 0.503 e. The number of H-pyrrole nitrogens is 1. The number of anilines is 1. The minimum Gasteiger partial charge on any atom is -0.503 e. The number of hydrogen-bond acceptors (Lipinski definition) is 5. The number of aromatic amines is 1. The molecule has 4 aromatic rings. The normalized spacial score (nSPS) is 16.6. The summed E-state index contributed by atoms with van der Waals surface area (Å²) >= 11 is 1.23. The molecule has 2 N–H and O–H groups in total. The maximum Gasteiger partial charge on any atom is 0.296 e. The van der Waals surface area contributed by atoms with Gasteiger partial charge in [0.1, 0.15) is 5.82 Å². The lowest BCUT2D eigenvalue weighted by Crippen LogP contribution is -2.31. The van der Waals surface area contributed by atoms with Crippen molar-refractivity contribution in [2.24, 2.45) is 0 Å². The number of thiophene rings is 1. The van der Waals surface area contributed by atoms with Crippen LogP contribution in [-0.2, 0) is 4.79 Å². The topological polar surface area (TPSA) is 86.3 Å². The van der Waals surface area contributed by atoms with Gasteiger partial charge in [-0.05, 0) is 35.2 Å². The van der Waals surface area contributed by atoms with E-state index in [1.54, 1.807) is 41.8 Å². The van der Waals surface area contributed by atoms with E-state index in [0.29, 0.717) is 21.5 Å². The van der Waals surface area contributed by atoms with Crippen LogP contribution >= 0.6 is 11.3 Å². The van der Waals surface area contributed by atoms with Gasteiger partial charge < -0.3 is 10.1 Å². The third-order valence-corrected chi connectivity index (χ3v) is 5.84. The number of carbonyl (C=O) groups is 2. The lowest BCUT2D eigenvalue weighted by molar-refractivity contribution is -0.117. The van der Waals surface area contributed by atoms with E-state index in [1.807, 2.05) is 6.07 Å². The standard InChI is InChI=1S/C22H14FN3O3S/c23-13-8-9-14-15(11-13)25-22(24-14)26-18(12-5-2-1-3-6-12)17(20(28)21(26)29)19(27)16-7-4-10-30-16/h1-11,18,28H,(H,24,25). The van der Waals surface area contributed by atoms with E-state index >= 15 is 0 Å². The second kappa shape index (κ2) is 6.93. The Morgan fingerprint density at radius 1 is 1.13 bits per heavy atom. The summed E-state index contributed by atoms with van der Waals surface area (Å²) in [5.41, 5.74) is 1.49. The van der Waals surface area contributed by atoms with Gasteiger partial charge in [-0.2, -0.15) is 0 Å². The molecular weight excluding hydrogens is 405 g/mol. The Kier molecular flexibility index (Phi) is 4.22. The van der Waals surface area contributed by atoms with Crippen molar-refractivity contribution in [1.29, 1.82) is 0 Å². The monoisotopic (exact) mass is 419 g/mol. The molecule has 1 aliphatic rings. The molecule has 3 heterocycles. The van der Waals surface area contributed by atoms with E-state index in [1.165, 1.54) is 34.4 Å². The summed E-state index contributed by atoms with van der Waals surface area (Å²) in [6, 6.07) is 15.5. The maximum atomic E-state index is 13.6. The highest BCUT2D eigenvalue weighted by molar-refractivity contribution is 7.12. The molecule has 5 rings (SSSR count). The Morgan fingerprint density at radius 3 is 2.67 bits per heavy atom. The zero-order chi connectivity index (χ0) is 20.8. The van der Waals surface area contributed by atoms with E-state index in [0.717, 1.165) is 0 Å². The van der Waals surface area contributed by atoms with Crippen LogP contribution < -0.4 is 4.90 Å². The summed E-state index contributed by atoms with van der Waals surface area (Å²) in [4.78, 5) is 35.2. The third kappa shape index (κ3) is 2.81. The molecule has 1 amide bonds. The van der Waals surface area contributed by atoms with Gasteiger partial charge in [-0.15, -0.1) is 11.3 Å². The number of imidazole rings is 1. The molecule has 6 nitrogen and oxygen atoms in total. The Morgan fingerprint density at radius 2 is 1.93 bits per heavy atom. The fourth-order valence-corrected chi connectivity index (χ4v) is 4.31. The predicted octanol–water partition coefficient (Wildman–Crippen LogP) is 4.55. The summed E-state index contributed by atoms with van der Waals surface area (Å²) in [5.74, 6) is -2.11. The average molecular weight is 419 g/mol. The fraction of sp³-hybridized carbons (Fsp3) is 0.0455. The number of aliphatic hydroxyl groups is 1. The molecule has 0 saturated carbocycles. The molecule has 1 atom stereocenters. The van der Waals surface area contributed by atoms with Crippen molar-refractivity contribution in [3.63, 3.8) is 0 Å². The van der Waals surface area contributed by atoms with Crippen LogP contribution in [-0.4, -0.2) is 26.8 Å². The van der Waals surface area contributed by atoms with Crippen molar-refractivity contribution in [2.45, 2.75) is 6.04 Å². The number of amides is 1. The van der Waals surface area contributed by atoms with Gasteiger partial charge in [0.15, 0.2) is 5.76 Å². The van der Waals surface area contributed by atoms with Crippen molar-refractivity contribution >= 4 is 40.0 Å². The zero-order valence-electron chi connectivity index (χ0n) is 15.4. The molecule has 8 heteroatoms. The van der Waals surface area contributed by atoms with Gasteiger partial charge >= 0.3 is 0 Å². The van der Waals surface area contributed by atoms with Crippen LogP contribution in [0.2, 0.25) is 0 Å². The van der Waals surface area contributed by atoms with Crippen molar-refractivity contribution in [1.82, 2.24) is 9.97 Å². The number of ketones is 1. The predicted molar refractivity (Wildman–Crippen MR) is 111 cm³/mol. The lowest BCUT2D eigenvalue weighted by Gasteiger charge is -2.24. The van der Waals surface area contributed by atoms with E-state index in [2.05, 4.69) is 9.97 Å². The molecule has 0 bridgehead atoms. The number of Topliss-reactive ketones (excluding diaryl/α,β-unsaturated/α-hetero) is 1. The number of aliphatic hydroxyl groups excluding tert-OH is 1. The van der Waals surface area contributed by atoms with Crippen LogP contribution in [0.1, 0.15) is 21.3 Å². The van der Waals surface area contributed by atoms with Crippen molar-refractivity contribution in [3.05, 3.63) is 93.6 Å². The minimum atomic E-state index is -0.876. The Labute approximate surface area is 173 Å². The molecule has 1 unspecified atom stereocenters. The Hall–Kier alpha value is -3.78. The molecule has 1 aliphatic heterocycles. The molecular formula is C22H14FN3O3S. The first kappa shape index (κ1) is 18.3. The van der Waals surface area contributed by atoms with Gasteiger partial charge in [0, 0.05) is 0 Å². The van der Waals surface area contributed by atoms with Gasteiger partial charge in [0.2, 0.25) is 11.7 Å². The quantitative estimate of drug-likeness (QED) is 0.475. The third-order valence-electron chi connectivity index (χ3n) is 4.97. The van der Waals surface area contributed by atoms with E-state index < -0.39 is 29.3 Å². The van der Waals surface area contributed by atoms with Crippen molar-refractivity contribution in [3.8, 4) is 0 Å². The van der Waals surface area contributed by atoms with Crippen LogP contribution in [0.3, 0.4) is 0 Å². The van der Waals surface area contributed by atoms with Crippen LogP contribution in [0.4, 0.5) is 10.3 Å². The number of nitrogens with zero attached hydrogens (tertiary/aromatic N) is 2. The van der Waals surface area contributed by atoms with E-state index in [-0.39, 0.29) is 11.5 Å². The molecule has 2 aromatic carbocycles. The summed E-state index contributed by atoms with van der Waals surface area (Å²) in [7, 11) is 0. The van der Waals surface area contributed by atoms with Crippen molar-refractivity contribution < 1.29 is 19.1 Å². The molecule has 0 spiro atoms. The second-order valence-electron chi connectivity index (χ2n) is 6.78. The molecule has 0 radical (unpaired) electrons. The molecule has 148 valence electrons. The number of halogens is 1. The Balaban J connectivity index is 1.68. The smallest absolute Gasteiger partial charge is 0.296 e. The molecule has 2 aromatic heterocycles. The maximum absolute atomic E-state index is 13.6. The van der Waals surface area contributed by atoms with Gasteiger partial charge in [-0.3, -0.25) is 14.5 Å². The van der Waals surface area contributed by atoms with Gasteiger partial charge in [0.25, 0.3) is 5.91 Å². The minimum absolute atomic E-state index is 0.0136. The molecule has 0 saturated heterocycles. The second-order valence-corrected chi connectivity index (χ2v) is 7.73. The molecule has 0 aliphatic carbocycles. The van der Waals surface area contributed by atoms with Crippen molar-refractivity contribution in [2.75, 3.05) is 4.90 Å². The Bertz CT molecular complexity index is 1310. The SMILES string of the molecule is O=C(C1=C(O)C(=O)N(c2nc3ccc(F)cc3[nH]2)C1c1ccccc1)c1cccs1. The van der Waals surface area contributed by atoms with Gasteiger partial charge in [-0.25, -0.2) is 9.37 Å². The lowest BCUT2D eigenvalue weighted by atomic mass is 9.95. The van der Waals surface area contributed by atoms with E-state index in [9.17, 15) is 19.1 Å². The first-order valence-corrected chi connectivity index (χ1v) is 9.97. The highest BCUT2D eigenvalue weighted by Gasteiger charge is 2.46. The number of benzene rings is 2. The van der Waals surface area contributed by atoms with E-state index in [4.69, 9.17) is 0 Å². The summed E-state index contributed by atoms with van der Waals surface area (Å²) < 4.78 is 13.6. The van der Waals surface area contributed by atoms with Crippen LogP contribution in [0.5, 0.6) is 0 Å². The van der Waals surface area contributed by atoms with Crippen LogP contribution in [0.15, 0.2) is 77.4 Å². The number of nitrogens with one attached hydrogen (secondary N) is 1. The highest BCUT2D eigenvalue weighted by Crippen LogP contribution is 2.41. The number of carbonyl (C=O) groups excluding carboxylic acids is 2. The number of hydrogen-bond donors (Lipinski definition) is 2. The first-order valence-electron chi connectivity index (χ1n) is 9.09. The summed E-state index contributed by atoms with van der Waals surface area (Å²) in [6.45, 7) is 0. The first-order chi connectivity index (χ1) is 14.5. The molecule has 0 fully saturated rings. The van der Waals surface area contributed by atoms with Gasteiger partial charge in [0.05, 0.1) is 27.5 Å². The number of rotatable bonds is 4. The fourth-order valence-electron chi connectivity index (χ4n) is 3.63. The molecule has 30 heavy (non-hydrogen) atoms. The summed E-state index contributed by atoms with van der Waals surface area (Å²) in [6.07, 6.45) is 0. The van der Waals surface area contributed by atoms with Gasteiger partial charge in [-0.1, -0.05) is 36.4 Å². The number of aromatic nitrogens is 2. The highest BCUT2D eigenvalue weighted by atomic mass is 32.1. The zero-order valence-corrected chi connectivity index (χ0v) is 16.2. The van der Waals surface area contributed by atoms with Crippen LogP contribution in [0, 0.1) is 5.82 Å². The van der Waals surface area contributed by atoms with Crippen LogP contribution in [0.25, 0.3) is 11.0 Å². The summed E-state index contributed by atoms with van der Waals surface area (Å²) in [5, 5.41) is 12.4.